The van der Waals surface area contributed by atoms with Gasteiger partial charge in [0.1, 0.15) is 68.3 Å². The first-order valence-corrected chi connectivity index (χ1v) is 48.8. The van der Waals surface area contributed by atoms with Crippen molar-refractivity contribution in [1.29, 1.82) is 0 Å². The van der Waals surface area contributed by atoms with Crippen LogP contribution in [0.4, 0.5) is 43.2 Å². The van der Waals surface area contributed by atoms with Crippen LogP contribution in [0, 0.1) is 18.6 Å². The third-order valence-electron chi connectivity index (χ3n) is 26.8. The van der Waals surface area contributed by atoms with Gasteiger partial charge >= 0.3 is 0 Å². The summed E-state index contributed by atoms with van der Waals surface area (Å²) in [6, 6.07) is 38.3. The van der Waals surface area contributed by atoms with E-state index >= 15 is 0 Å². The number of carbonyl (C=O) groups is 2. The fourth-order valence-corrected chi connectivity index (χ4v) is 19.4. The van der Waals surface area contributed by atoms with E-state index in [1.807, 2.05) is 60.5 Å². The second-order valence-corrected chi connectivity index (χ2v) is 36.7. The minimum atomic E-state index is -0.616. The van der Waals surface area contributed by atoms with Crippen LogP contribution >= 0.6 is 11.6 Å². The van der Waals surface area contributed by atoms with E-state index in [1.165, 1.54) is 18.2 Å². The van der Waals surface area contributed by atoms with E-state index in [0.29, 0.717) is 38.5 Å². The number of carbonyl (C=O) groups excluding carboxylic acids is 2. The van der Waals surface area contributed by atoms with Crippen molar-refractivity contribution in [1.82, 2.24) is 80.5 Å². The summed E-state index contributed by atoms with van der Waals surface area (Å²) < 4.78 is 78.0. The van der Waals surface area contributed by atoms with Crippen molar-refractivity contribution >= 4 is 102 Å². The lowest BCUT2D eigenvalue weighted by atomic mass is 9.92. The van der Waals surface area contributed by atoms with Crippen molar-refractivity contribution in [2.75, 3.05) is 135 Å². The van der Waals surface area contributed by atoms with E-state index in [4.69, 9.17) is 49.5 Å². The Labute approximate surface area is 809 Å². The van der Waals surface area contributed by atoms with Gasteiger partial charge in [-0.2, -0.15) is 10.2 Å². The molecular formula is C104H115ClF2N22O10. The number of amides is 2. The predicted molar refractivity (Wildman–Crippen MR) is 530 cm³/mol. The van der Waals surface area contributed by atoms with Gasteiger partial charge in [0.05, 0.1) is 122 Å². The Hall–Kier alpha value is -13.7. The van der Waals surface area contributed by atoms with Gasteiger partial charge in [-0.05, 0) is 206 Å². The van der Waals surface area contributed by atoms with E-state index in [2.05, 4.69) is 155 Å². The summed E-state index contributed by atoms with van der Waals surface area (Å²) >= 11 is 5.78. The van der Waals surface area contributed by atoms with E-state index in [9.17, 15) is 18.4 Å². The smallest absolute Gasteiger partial charge is 0.254 e. The quantitative estimate of drug-likeness (QED) is 0.0421. The van der Waals surface area contributed by atoms with Gasteiger partial charge in [-0.15, -0.1) is 0 Å². The Morgan fingerprint density at radius 1 is 0.374 bits per heavy atom. The molecule has 0 bridgehead atoms. The maximum absolute atomic E-state index is 14.2. The molecule has 8 aliphatic rings. The number of hydrogen-bond acceptors (Lipinski definition) is 28. The Morgan fingerprint density at radius 3 is 1.04 bits per heavy atom. The number of morpholine rings is 4. The van der Waals surface area contributed by atoms with E-state index < -0.39 is 17.5 Å². The SMILES string of the molecule is Cc1ccc(C(=O)NC2CCC(Oc3cc(N4CCOCC4)cc4nccnc34)CC2)c(F)c1.Cn1nccc1-c1ccc(NC2CCC(Oc3cc(N4CCOCC4)cc4nccnc34)CC2)nc1.O=C(NC1CCC(Oc2cc(N3CCOCC3)cc3nccnc23)CC1)c1ccc(Cl)cc1F.c1cc(-c2ccc(NC3CCC(Oc4cc(N5CCOCC5)cc5nccnc45)CC3)nc2)[nH]n1. The highest BCUT2D eigenvalue weighted by Gasteiger charge is 2.33. The van der Waals surface area contributed by atoms with Crippen LogP contribution in [-0.2, 0) is 26.0 Å². The van der Waals surface area contributed by atoms with Crippen molar-refractivity contribution in [3.05, 3.63) is 229 Å². The molecular weight excluding hydrogens is 1790 g/mol. The fourth-order valence-electron chi connectivity index (χ4n) is 19.3. The van der Waals surface area contributed by atoms with Crippen LogP contribution in [0.15, 0.2) is 196 Å². The molecule has 4 aliphatic heterocycles. The van der Waals surface area contributed by atoms with Gasteiger partial charge in [-0.1, -0.05) is 17.7 Å². The van der Waals surface area contributed by atoms with Crippen LogP contribution in [0.25, 0.3) is 66.6 Å². The number of nitrogens with one attached hydrogen (secondary N) is 5. The zero-order chi connectivity index (χ0) is 94.8. The summed E-state index contributed by atoms with van der Waals surface area (Å²) in [6.45, 7) is 14.4. The van der Waals surface area contributed by atoms with Crippen molar-refractivity contribution in [3.63, 3.8) is 0 Å². The van der Waals surface area contributed by atoms with Gasteiger partial charge in [-0.25, -0.2) is 38.7 Å². The molecule has 2 amide bonds. The summed E-state index contributed by atoms with van der Waals surface area (Å²) in [5.74, 6) is 3.04. The number of nitrogens with zero attached hydrogens (tertiary/aromatic N) is 17. The monoisotopic (exact) mass is 1900 g/mol. The van der Waals surface area contributed by atoms with Gasteiger partial charge in [0.25, 0.3) is 11.8 Å². The van der Waals surface area contributed by atoms with Crippen LogP contribution in [0.3, 0.4) is 0 Å². The van der Waals surface area contributed by atoms with Crippen LogP contribution in [0.2, 0.25) is 5.02 Å². The first-order valence-electron chi connectivity index (χ1n) is 48.4. The second kappa shape index (κ2) is 45.3. The first kappa shape index (κ1) is 94.3. The average Bonchev–Trinajstić information content (AvgIpc) is 0.971. The number of H-pyrrole nitrogens is 1. The van der Waals surface area contributed by atoms with Crippen molar-refractivity contribution in [2.24, 2.45) is 7.05 Å². The summed E-state index contributed by atoms with van der Waals surface area (Å²) in [7, 11) is 1.94. The van der Waals surface area contributed by atoms with Crippen molar-refractivity contribution in [2.45, 2.75) is 158 Å². The minimum Gasteiger partial charge on any atom is -0.488 e. The predicted octanol–water partition coefficient (Wildman–Crippen LogP) is 16.5. The molecule has 5 N–H and O–H groups in total. The molecule has 14 aromatic rings. The molecule has 0 atom stereocenters. The number of fused-ring (bicyclic) bond motifs is 4. The number of benzene rings is 6. The number of pyridine rings is 2. The number of anilines is 6. The second-order valence-electron chi connectivity index (χ2n) is 36.3. The highest BCUT2D eigenvalue weighted by Crippen LogP contribution is 2.40. The molecule has 32 nitrogen and oxygen atoms in total. The van der Waals surface area contributed by atoms with Crippen molar-refractivity contribution in [3.8, 4) is 45.5 Å². The Kier molecular flexibility index (Phi) is 30.7. The van der Waals surface area contributed by atoms with Crippen LogP contribution in [-0.4, -0.2) is 235 Å². The Bertz CT molecular complexity index is 6280. The molecule has 139 heavy (non-hydrogen) atoms. The van der Waals surface area contributed by atoms with Crippen LogP contribution in [0.1, 0.15) is 129 Å². The first-order chi connectivity index (χ1) is 68.2. The highest BCUT2D eigenvalue weighted by atomic mass is 35.5. The molecule has 22 rings (SSSR count). The zero-order valence-corrected chi connectivity index (χ0v) is 78.8. The van der Waals surface area contributed by atoms with Crippen molar-refractivity contribution < 1.29 is 56.3 Å². The van der Waals surface area contributed by atoms with Crippen LogP contribution < -0.4 is 59.8 Å². The molecule has 6 aromatic carbocycles. The lowest BCUT2D eigenvalue weighted by Crippen LogP contribution is -2.40. The summed E-state index contributed by atoms with van der Waals surface area (Å²) in [4.78, 5) is 79.7. The van der Waals surface area contributed by atoms with E-state index in [1.54, 1.807) is 81.0 Å². The summed E-state index contributed by atoms with van der Waals surface area (Å²) in [5.41, 5.74) is 15.9. The molecule has 4 saturated heterocycles. The Balaban J connectivity index is 0.000000118. The molecule has 35 heteroatoms. The summed E-state index contributed by atoms with van der Waals surface area (Å²) in [6.07, 6.45) is 35.6. The van der Waals surface area contributed by atoms with E-state index in [0.717, 1.165) is 317 Å². The average molecular weight is 1910 g/mol. The number of hydrogen-bond donors (Lipinski definition) is 5. The lowest BCUT2D eigenvalue weighted by molar-refractivity contribution is 0.0884. The Morgan fingerprint density at radius 2 is 0.719 bits per heavy atom. The number of aryl methyl sites for hydroxylation is 2. The molecule has 8 aromatic heterocycles. The number of rotatable bonds is 22. The zero-order valence-electron chi connectivity index (χ0n) is 78.0. The molecule has 4 saturated carbocycles. The summed E-state index contributed by atoms with van der Waals surface area (Å²) in [5, 5.41) is 24.6. The van der Waals surface area contributed by atoms with Gasteiger partial charge in [-0.3, -0.25) is 39.3 Å². The van der Waals surface area contributed by atoms with E-state index in [-0.39, 0.29) is 58.6 Å². The fraction of sp³-hybridized carbons (Fsp3) is 0.404. The third kappa shape index (κ3) is 24.2. The standard InChI is InChI=1S/C27H31N7O2.C26H29FN4O3.C26H29N7O2.C25H26ClFN4O3/c1-33-24(8-9-31-33)19-2-7-26(30-18-19)32-20-3-5-22(6-4-20)36-25-17-21(34-12-14-35-15-13-34)16-23-27(25)29-11-10-28-23;1-17-2-7-21(22(27)14-17)26(32)30-18-3-5-20(6-4-18)34-24-16-19(31-10-12-33-13-11-31)15-23-25(24)29-9-8-28-23;1-6-25(29-17-18(1)22-7-8-30-32-22)31-19-2-4-21(5-3-19)35-24-16-20(33-11-13-34-14-12-33)15-23-26(24)28-10-9-27-23;26-16-1-6-20(21(27)13-16)25(32)30-17-2-4-19(5-3-17)34-23-15-18(31-9-11-33-12-10-31)14-22-24(23)29-8-7-28-22/h2,7-11,16-18,20,22H,3-6,12-15H2,1H3,(H,30,32);2,7-9,14-16,18,20H,3-6,10-13H2,1H3,(H,30,32);1,6-10,15-17,19,21H,2-5,11-14H2,(H,29,31)(H,30,32);1,6-8,13-15,17,19H,2-5,9-12H2,(H,30,32). The number of aromatic amines is 1. The highest BCUT2D eigenvalue weighted by molar-refractivity contribution is 6.30. The molecule has 0 unspecified atom stereocenters. The van der Waals surface area contributed by atoms with Gasteiger partial charge in [0.15, 0.2) is 0 Å². The number of aromatic nitrogens is 14. The molecule has 0 radical (unpaired) electrons. The maximum atomic E-state index is 14.2. The maximum Gasteiger partial charge on any atom is 0.254 e. The minimum absolute atomic E-state index is 0.00396. The van der Waals surface area contributed by atoms with Gasteiger partial charge in [0, 0.05) is 221 Å². The van der Waals surface area contributed by atoms with Crippen LogP contribution in [0.5, 0.6) is 23.0 Å². The number of ether oxygens (including phenoxy) is 8. The molecule has 722 valence electrons. The molecule has 8 fully saturated rings. The third-order valence-corrected chi connectivity index (χ3v) is 27.1. The molecule has 4 aliphatic carbocycles. The molecule has 0 spiro atoms. The lowest BCUT2D eigenvalue weighted by Gasteiger charge is -2.31. The van der Waals surface area contributed by atoms with Gasteiger partial charge in [0.2, 0.25) is 0 Å². The molecule has 12 heterocycles. The largest absolute Gasteiger partial charge is 0.488 e. The number of halogens is 3. The topological polar surface area (TPSA) is 344 Å². The van der Waals surface area contributed by atoms with Gasteiger partial charge < -0.3 is 78.8 Å². The normalized spacial score (nSPS) is 20.7.